The van der Waals surface area contributed by atoms with Crippen LogP contribution in [0.1, 0.15) is 16.1 Å². The number of carbonyl (C=O) groups excluding carboxylic acids is 1. The van der Waals surface area contributed by atoms with Crippen molar-refractivity contribution in [1.82, 2.24) is 14.8 Å². The fraction of sp³-hybridized carbons (Fsp3) is 0.214. The molecule has 3 rings (SSSR count). The molecule has 0 atom stereocenters. The maximum Gasteiger partial charge on any atom is 0.203 e. The highest BCUT2D eigenvalue weighted by Gasteiger charge is 2.18. The number of Topliss-reactive ketones (excluding diaryl/α,β-unsaturated/α-hetero) is 1. The number of fused-ring (bicyclic) bond motifs is 1. The average Bonchev–Trinajstić information content (AvgIpc) is 3.00. The van der Waals surface area contributed by atoms with Crippen LogP contribution < -0.4 is 5.73 Å². The van der Waals surface area contributed by atoms with E-state index < -0.39 is 0 Å². The molecule has 2 N–H and O–H groups in total. The van der Waals surface area contributed by atoms with Crippen LogP contribution in [-0.2, 0) is 7.05 Å². The number of aromatic nitrogens is 3. The van der Waals surface area contributed by atoms with Crippen LogP contribution in [0.15, 0.2) is 28.6 Å². The van der Waals surface area contributed by atoms with Gasteiger partial charge in [0.2, 0.25) is 5.13 Å². The van der Waals surface area contributed by atoms with E-state index in [-0.39, 0.29) is 5.78 Å². The Labute approximate surface area is 130 Å². The molecule has 0 unspecified atom stereocenters. The summed E-state index contributed by atoms with van der Waals surface area (Å²) in [4.78, 5) is 12.6. The minimum atomic E-state index is 0.100. The molecule has 5 nitrogen and oxygen atoms in total. The number of nitrogens with two attached hydrogens (primary N) is 1. The first-order valence-corrected chi connectivity index (χ1v) is 8.17. The Kier molecular flexibility index (Phi) is 3.69. The van der Waals surface area contributed by atoms with Crippen LogP contribution in [0.25, 0.3) is 10.9 Å². The zero-order valence-electron chi connectivity index (χ0n) is 11.7. The van der Waals surface area contributed by atoms with Crippen LogP contribution >= 0.6 is 23.1 Å². The molecule has 0 spiro atoms. The van der Waals surface area contributed by atoms with Gasteiger partial charge in [-0.2, -0.15) is 0 Å². The van der Waals surface area contributed by atoms with Gasteiger partial charge in [0.25, 0.3) is 0 Å². The topological polar surface area (TPSA) is 73.8 Å². The number of hydrogen-bond acceptors (Lipinski definition) is 6. The molecule has 7 heteroatoms. The Hall–Kier alpha value is -1.86. The number of nitrogens with zero attached hydrogens (tertiary/aromatic N) is 3. The van der Waals surface area contributed by atoms with Gasteiger partial charge in [-0.15, -0.1) is 10.2 Å². The number of carbonyl (C=O) groups is 1. The highest BCUT2D eigenvalue weighted by Crippen LogP contribution is 2.28. The van der Waals surface area contributed by atoms with Gasteiger partial charge in [0.05, 0.1) is 5.75 Å². The molecule has 21 heavy (non-hydrogen) atoms. The maximum atomic E-state index is 12.6. The minimum Gasteiger partial charge on any atom is -0.374 e. The summed E-state index contributed by atoms with van der Waals surface area (Å²) in [5.74, 6) is 0.437. The maximum absolute atomic E-state index is 12.6. The van der Waals surface area contributed by atoms with Crippen molar-refractivity contribution < 1.29 is 4.79 Å². The number of ketones is 1. The van der Waals surface area contributed by atoms with Crippen LogP contribution in [0.4, 0.5) is 5.13 Å². The molecule has 0 radical (unpaired) electrons. The monoisotopic (exact) mass is 318 g/mol. The number of thioether (sulfide) groups is 1. The standard InChI is InChI=1S/C14H14N4OS2/c1-8-12(9-5-3-4-6-10(9)18(8)2)11(19)7-20-14-17-16-13(15)21-14/h3-6H,7H2,1-2H3,(H2,15,16). The lowest BCUT2D eigenvalue weighted by atomic mass is 10.1. The van der Waals surface area contributed by atoms with Gasteiger partial charge in [-0.3, -0.25) is 4.79 Å². The van der Waals surface area contributed by atoms with Gasteiger partial charge in [-0.05, 0) is 13.0 Å². The number of rotatable bonds is 4. The van der Waals surface area contributed by atoms with Crippen molar-refractivity contribution in [1.29, 1.82) is 0 Å². The second-order valence-corrected chi connectivity index (χ2v) is 6.89. The van der Waals surface area contributed by atoms with E-state index in [2.05, 4.69) is 14.8 Å². The van der Waals surface area contributed by atoms with Crippen LogP contribution in [-0.4, -0.2) is 26.3 Å². The summed E-state index contributed by atoms with van der Waals surface area (Å²) in [5.41, 5.74) is 8.39. The summed E-state index contributed by atoms with van der Waals surface area (Å²) in [6, 6.07) is 7.95. The number of aryl methyl sites for hydroxylation is 1. The van der Waals surface area contributed by atoms with E-state index in [9.17, 15) is 4.79 Å². The van der Waals surface area contributed by atoms with Gasteiger partial charge < -0.3 is 10.3 Å². The zero-order chi connectivity index (χ0) is 15.0. The molecule has 0 saturated heterocycles. The third-order valence-corrected chi connectivity index (χ3v) is 5.31. The Morgan fingerprint density at radius 1 is 1.38 bits per heavy atom. The molecule has 3 aromatic rings. The molecule has 0 aliphatic carbocycles. The van der Waals surface area contributed by atoms with Crippen LogP contribution in [0, 0.1) is 6.92 Å². The Morgan fingerprint density at radius 2 is 2.14 bits per heavy atom. The van der Waals surface area contributed by atoms with Gasteiger partial charge in [0, 0.05) is 29.2 Å². The van der Waals surface area contributed by atoms with E-state index in [1.807, 2.05) is 38.2 Å². The third kappa shape index (κ3) is 2.54. The molecule has 2 heterocycles. The summed E-state index contributed by atoms with van der Waals surface area (Å²) >= 11 is 2.68. The Balaban J connectivity index is 1.89. The van der Waals surface area contributed by atoms with Gasteiger partial charge in [-0.1, -0.05) is 41.3 Å². The van der Waals surface area contributed by atoms with Crippen LogP contribution in [0.3, 0.4) is 0 Å². The largest absolute Gasteiger partial charge is 0.374 e. The van der Waals surface area contributed by atoms with Crippen LogP contribution in [0.5, 0.6) is 0 Å². The lowest BCUT2D eigenvalue weighted by molar-refractivity contribution is 0.102. The average molecular weight is 318 g/mol. The van der Waals surface area contributed by atoms with Gasteiger partial charge >= 0.3 is 0 Å². The van der Waals surface area contributed by atoms with Crippen molar-refractivity contribution in [3.63, 3.8) is 0 Å². The molecule has 0 amide bonds. The lowest BCUT2D eigenvalue weighted by Crippen LogP contribution is -2.04. The molecule has 2 aromatic heterocycles. The van der Waals surface area contributed by atoms with E-state index in [1.165, 1.54) is 23.1 Å². The smallest absolute Gasteiger partial charge is 0.203 e. The molecule has 1 aromatic carbocycles. The second-order valence-electron chi connectivity index (χ2n) is 4.65. The number of nitrogen functional groups attached to an aromatic ring is 1. The van der Waals surface area contributed by atoms with Crippen molar-refractivity contribution in [2.75, 3.05) is 11.5 Å². The predicted molar refractivity (Wildman–Crippen MR) is 87.0 cm³/mol. The highest BCUT2D eigenvalue weighted by atomic mass is 32.2. The fourth-order valence-corrected chi connectivity index (χ4v) is 3.86. The number of anilines is 1. The van der Waals surface area contributed by atoms with Crippen molar-refractivity contribution in [3.05, 3.63) is 35.5 Å². The Morgan fingerprint density at radius 3 is 2.86 bits per heavy atom. The number of para-hydroxylation sites is 1. The summed E-state index contributed by atoms with van der Waals surface area (Å²) in [6.07, 6.45) is 0. The second kappa shape index (κ2) is 5.50. The molecule has 0 bridgehead atoms. The molecule has 0 aliphatic rings. The summed E-state index contributed by atoms with van der Waals surface area (Å²) in [6.45, 7) is 1.97. The quantitative estimate of drug-likeness (QED) is 0.591. The van der Waals surface area contributed by atoms with E-state index in [0.717, 1.165) is 26.5 Å². The Bertz CT molecular complexity index is 822. The third-order valence-electron chi connectivity index (χ3n) is 3.43. The van der Waals surface area contributed by atoms with Crippen molar-refractivity contribution in [2.45, 2.75) is 11.3 Å². The first-order chi connectivity index (χ1) is 10.1. The first kappa shape index (κ1) is 14.1. The number of hydrogen-bond donors (Lipinski definition) is 1. The molecular weight excluding hydrogens is 304 g/mol. The van der Waals surface area contributed by atoms with Gasteiger partial charge in [-0.25, -0.2) is 0 Å². The van der Waals surface area contributed by atoms with Gasteiger partial charge in [0.1, 0.15) is 0 Å². The normalized spacial score (nSPS) is 11.1. The summed E-state index contributed by atoms with van der Waals surface area (Å²) in [5, 5.41) is 9.09. The van der Waals surface area contributed by atoms with E-state index in [4.69, 9.17) is 5.73 Å². The van der Waals surface area contributed by atoms with Crippen molar-refractivity contribution in [2.24, 2.45) is 7.05 Å². The SMILES string of the molecule is Cc1c(C(=O)CSc2nnc(N)s2)c2ccccc2n1C. The van der Waals surface area contributed by atoms with Gasteiger partial charge in [0.15, 0.2) is 10.1 Å². The molecule has 0 aliphatic heterocycles. The molecule has 0 fully saturated rings. The van der Waals surface area contributed by atoms with E-state index in [0.29, 0.717) is 10.9 Å². The van der Waals surface area contributed by atoms with E-state index >= 15 is 0 Å². The van der Waals surface area contributed by atoms with Crippen LogP contribution in [0.2, 0.25) is 0 Å². The van der Waals surface area contributed by atoms with Crippen molar-refractivity contribution in [3.8, 4) is 0 Å². The first-order valence-electron chi connectivity index (χ1n) is 6.37. The highest BCUT2D eigenvalue weighted by molar-refractivity contribution is 8.01. The molecular formula is C14H14N4OS2. The predicted octanol–water partition coefficient (Wildman–Crippen LogP) is 2.90. The summed E-state index contributed by atoms with van der Waals surface area (Å²) < 4.78 is 2.77. The zero-order valence-corrected chi connectivity index (χ0v) is 13.3. The summed E-state index contributed by atoms with van der Waals surface area (Å²) in [7, 11) is 1.98. The minimum absolute atomic E-state index is 0.100. The fourth-order valence-electron chi connectivity index (χ4n) is 2.35. The lowest BCUT2D eigenvalue weighted by Gasteiger charge is -2.01. The molecule has 0 saturated carbocycles. The van der Waals surface area contributed by atoms with E-state index in [1.54, 1.807) is 0 Å². The molecule has 108 valence electrons. The van der Waals surface area contributed by atoms with Crippen molar-refractivity contribution >= 4 is 44.9 Å². The number of benzene rings is 1.